The van der Waals surface area contributed by atoms with Crippen molar-refractivity contribution in [3.05, 3.63) is 29.8 Å². The van der Waals surface area contributed by atoms with Crippen molar-refractivity contribution in [2.24, 2.45) is 5.92 Å². The average Bonchev–Trinajstić information content (AvgIpc) is 3.19. The molecule has 0 aromatic heterocycles. The smallest absolute Gasteiger partial charge is 0.379 e. The second kappa shape index (κ2) is 10.1. The number of halogens is 3. The Morgan fingerprint density at radius 1 is 1.32 bits per heavy atom. The fourth-order valence-electron chi connectivity index (χ4n) is 3.02. The summed E-state index contributed by atoms with van der Waals surface area (Å²) in [5.74, 6) is -2.48. The predicted octanol–water partition coefficient (Wildman–Crippen LogP) is 2.39. The molecule has 0 bridgehead atoms. The third-order valence-corrected chi connectivity index (χ3v) is 5.39. The second-order valence-corrected chi connectivity index (χ2v) is 7.46. The standard InChI is InChI=1S/C18H24F3N3O3S/c1-11(15(27-2)14-4-3-9-22-14)16(25)24-28-13-7-5-12(6-8-13)10-23-17(26)18(19,20)21/h5-8,11,14-15,22H,3-4,9-10H2,1-2H3,(H,23,26)(H,24,25). The van der Waals surface area contributed by atoms with Crippen molar-refractivity contribution in [1.82, 2.24) is 15.4 Å². The molecule has 6 nitrogen and oxygen atoms in total. The van der Waals surface area contributed by atoms with Crippen LogP contribution in [0.5, 0.6) is 0 Å². The maximum Gasteiger partial charge on any atom is 0.471 e. The number of benzene rings is 1. The van der Waals surface area contributed by atoms with E-state index in [1.165, 1.54) is 0 Å². The van der Waals surface area contributed by atoms with Crippen LogP contribution in [-0.2, 0) is 20.9 Å². The van der Waals surface area contributed by atoms with Crippen molar-refractivity contribution in [3.8, 4) is 0 Å². The highest BCUT2D eigenvalue weighted by Gasteiger charge is 2.38. The van der Waals surface area contributed by atoms with Crippen LogP contribution in [0.3, 0.4) is 0 Å². The van der Waals surface area contributed by atoms with E-state index < -0.39 is 12.1 Å². The van der Waals surface area contributed by atoms with Crippen LogP contribution in [0.1, 0.15) is 25.3 Å². The molecule has 2 amide bonds. The minimum Gasteiger partial charge on any atom is -0.379 e. The number of nitrogens with one attached hydrogen (secondary N) is 3. The second-order valence-electron chi connectivity index (χ2n) is 6.58. The van der Waals surface area contributed by atoms with Gasteiger partial charge in [-0.2, -0.15) is 13.2 Å². The molecule has 0 aliphatic carbocycles. The van der Waals surface area contributed by atoms with Gasteiger partial charge in [-0.3, -0.25) is 14.3 Å². The molecule has 1 aliphatic rings. The SMILES string of the molecule is COC(C1CCCN1)C(C)C(=O)NSc1ccc(CNC(=O)C(F)(F)F)cc1. The lowest BCUT2D eigenvalue weighted by Crippen LogP contribution is -2.45. The number of hydrogen-bond acceptors (Lipinski definition) is 5. The lowest BCUT2D eigenvalue weighted by Gasteiger charge is -2.27. The van der Waals surface area contributed by atoms with E-state index in [-0.39, 0.29) is 30.5 Å². The van der Waals surface area contributed by atoms with Gasteiger partial charge in [-0.05, 0) is 49.0 Å². The summed E-state index contributed by atoms with van der Waals surface area (Å²) in [4.78, 5) is 24.0. The average molecular weight is 419 g/mol. The van der Waals surface area contributed by atoms with Gasteiger partial charge in [0, 0.05) is 24.6 Å². The summed E-state index contributed by atoms with van der Waals surface area (Å²) in [5.41, 5.74) is 0.522. The number of carbonyl (C=O) groups is 2. The van der Waals surface area contributed by atoms with Gasteiger partial charge in [0.05, 0.1) is 12.0 Å². The fraction of sp³-hybridized carbons (Fsp3) is 0.556. The molecule has 0 saturated carbocycles. The topological polar surface area (TPSA) is 79.5 Å². The van der Waals surface area contributed by atoms with Gasteiger partial charge >= 0.3 is 12.1 Å². The van der Waals surface area contributed by atoms with Gasteiger partial charge in [-0.1, -0.05) is 19.1 Å². The molecule has 28 heavy (non-hydrogen) atoms. The minimum atomic E-state index is -4.90. The number of methoxy groups -OCH3 is 1. The summed E-state index contributed by atoms with van der Waals surface area (Å²) in [7, 11) is 1.60. The Labute approximate surface area is 166 Å². The molecule has 1 heterocycles. The lowest BCUT2D eigenvalue weighted by molar-refractivity contribution is -0.173. The molecule has 10 heteroatoms. The molecule has 1 aromatic rings. The Morgan fingerprint density at radius 2 is 2.00 bits per heavy atom. The molecular weight excluding hydrogens is 395 g/mol. The van der Waals surface area contributed by atoms with Gasteiger partial charge in [-0.25, -0.2) is 0 Å². The molecule has 3 N–H and O–H groups in total. The summed E-state index contributed by atoms with van der Waals surface area (Å²) in [6, 6.07) is 6.67. The normalized spacial score (nSPS) is 19.1. The van der Waals surface area contributed by atoms with Crippen LogP contribution in [0.4, 0.5) is 13.2 Å². The van der Waals surface area contributed by atoms with Crippen LogP contribution >= 0.6 is 11.9 Å². The van der Waals surface area contributed by atoms with Crippen LogP contribution in [0.15, 0.2) is 29.2 Å². The molecule has 1 fully saturated rings. The Hall–Kier alpha value is -1.78. The van der Waals surface area contributed by atoms with Gasteiger partial charge < -0.3 is 15.4 Å². The summed E-state index contributed by atoms with van der Waals surface area (Å²) in [5, 5.41) is 5.15. The minimum absolute atomic E-state index is 0.155. The fourth-order valence-corrected chi connectivity index (χ4v) is 3.69. The molecule has 1 aliphatic heterocycles. The summed E-state index contributed by atoms with van der Waals surface area (Å²) >= 11 is 1.12. The molecule has 156 valence electrons. The molecule has 0 spiro atoms. The van der Waals surface area contributed by atoms with E-state index in [1.54, 1.807) is 31.4 Å². The van der Waals surface area contributed by atoms with E-state index in [1.807, 2.05) is 12.2 Å². The van der Waals surface area contributed by atoms with Gasteiger partial charge in [-0.15, -0.1) is 0 Å². The van der Waals surface area contributed by atoms with E-state index in [0.29, 0.717) is 5.56 Å². The van der Waals surface area contributed by atoms with Crippen molar-refractivity contribution in [2.75, 3.05) is 13.7 Å². The first-order valence-corrected chi connectivity index (χ1v) is 9.71. The van der Waals surface area contributed by atoms with Crippen LogP contribution in [0, 0.1) is 5.92 Å². The number of hydrogen-bond donors (Lipinski definition) is 3. The van der Waals surface area contributed by atoms with Crippen molar-refractivity contribution in [2.45, 2.75) is 49.5 Å². The van der Waals surface area contributed by atoms with Gasteiger partial charge in [0.1, 0.15) is 0 Å². The number of alkyl halides is 3. The summed E-state index contributed by atoms with van der Waals surface area (Å²) in [6.45, 7) is 2.51. The third kappa shape index (κ3) is 6.39. The van der Waals surface area contributed by atoms with Gasteiger partial charge in [0.2, 0.25) is 5.91 Å². The van der Waals surface area contributed by atoms with E-state index in [4.69, 9.17) is 4.74 Å². The molecular formula is C18H24F3N3O3S. The molecule has 3 atom stereocenters. The molecule has 1 aromatic carbocycles. The first-order chi connectivity index (χ1) is 13.2. The zero-order valence-electron chi connectivity index (χ0n) is 15.6. The lowest BCUT2D eigenvalue weighted by atomic mass is 9.96. The highest BCUT2D eigenvalue weighted by molar-refractivity contribution is 7.98. The largest absolute Gasteiger partial charge is 0.471 e. The Bertz CT molecular complexity index is 664. The zero-order valence-corrected chi connectivity index (χ0v) is 16.5. The van der Waals surface area contributed by atoms with Crippen molar-refractivity contribution in [1.29, 1.82) is 0 Å². The number of carbonyl (C=O) groups excluding carboxylic acids is 2. The first-order valence-electron chi connectivity index (χ1n) is 8.89. The number of amides is 2. The molecule has 2 rings (SSSR count). The Morgan fingerprint density at radius 3 is 2.54 bits per heavy atom. The zero-order chi connectivity index (χ0) is 20.7. The number of ether oxygens (including phenoxy) is 1. The van der Waals surface area contributed by atoms with E-state index >= 15 is 0 Å². The Balaban J connectivity index is 1.81. The summed E-state index contributed by atoms with van der Waals surface area (Å²) < 4.78 is 44.8. The van der Waals surface area contributed by atoms with E-state index in [0.717, 1.165) is 36.2 Å². The molecule has 1 saturated heterocycles. The molecule has 0 radical (unpaired) electrons. The highest BCUT2D eigenvalue weighted by Crippen LogP contribution is 2.21. The van der Waals surface area contributed by atoms with Gasteiger partial charge in [0.15, 0.2) is 0 Å². The third-order valence-electron chi connectivity index (χ3n) is 4.58. The van der Waals surface area contributed by atoms with E-state index in [2.05, 4.69) is 10.0 Å². The van der Waals surface area contributed by atoms with Crippen molar-refractivity contribution >= 4 is 23.8 Å². The molecule has 3 unspecified atom stereocenters. The van der Waals surface area contributed by atoms with Crippen LogP contribution in [0.25, 0.3) is 0 Å². The quantitative estimate of drug-likeness (QED) is 0.564. The Kier molecular flexibility index (Phi) is 8.14. The van der Waals surface area contributed by atoms with Crippen LogP contribution in [0.2, 0.25) is 0 Å². The van der Waals surface area contributed by atoms with Gasteiger partial charge in [0.25, 0.3) is 0 Å². The number of rotatable bonds is 8. The monoisotopic (exact) mass is 419 g/mol. The van der Waals surface area contributed by atoms with E-state index in [9.17, 15) is 22.8 Å². The van der Waals surface area contributed by atoms with Crippen LogP contribution in [-0.4, -0.2) is 43.8 Å². The maximum atomic E-state index is 12.4. The van der Waals surface area contributed by atoms with Crippen molar-refractivity contribution < 1.29 is 27.5 Å². The summed E-state index contributed by atoms with van der Waals surface area (Å²) in [6.07, 6.45) is -3.09. The highest BCUT2D eigenvalue weighted by atomic mass is 32.2. The first kappa shape index (κ1) is 22.5. The van der Waals surface area contributed by atoms with Crippen LogP contribution < -0.4 is 15.4 Å². The maximum absolute atomic E-state index is 12.4. The van der Waals surface area contributed by atoms with Crippen molar-refractivity contribution in [3.63, 3.8) is 0 Å². The predicted molar refractivity (Wildman–Crippen MR) is 99.3 cm³/mol.